The third-order valence-corrected chi connectivity index (χ3v) is 4.19. The smallest absolute Gasteiger partial charge is 0.410 e. The lowest BCUT2D eigenvalue weighted by Gasteiger charge is -2.19. The normalized spacial score (nSPS) is 28.1. The number of methoxy groups -OCH3 is 1. The Morgan fingerprint density at radius 2 is 1.95 bits per heavy atom. The summed E-state index contributed by atoms with van der Waals surface area (Å²) in [6.07, 6.45) is -0.188. The molecule has 1 aromatic rings. The molecule has 2 aliphatic rings. The Balaban J connectivity index is 1.44. The van der Waals surface area contributed by atoms with Gasteiger partial charge in [-0.2, -0.15) is 0 Å². The maximum Gasteiger partial charge on any atom is 0.410 e. The maximum atomic E-state index is 11.9. The van der Waals surface area contributed by atoms with Gasteiger partial charge in [0.15, 0.2) is 0 Å². The number of benzene rings is 1. The molecule has 102 valence electrons. The fraction of sp³-hybridized carbons (Fsp3) is 0.533. The zero-order valence-corrected chi connectivity index (χ0v) is 11.1. The third kappa shape index (κ3) is 2.59. The molecule has 0 aromatic heterocycles. The topological polar surface area (TPSA) is 38.8 Å². The van der Waals surface area contributed by atoms with Crippen molar-refractivity contribution in [1.29, 1.82) is 0 Å². The van der Waals surface area contributed by atoms with Crippen LogP contribution in [-0.2, 0) is 16.1 Å². The highest BCUT2D eigenvalue weighted by atomic mass is 16.6. The SMILES string of the molecule is COCC1C2CN(C(=O)OCc3ccccc3)CC12. The second-order valence-electron chi connectivity index (χ2n) is 5.39. The van der Waals surface area contributed by atoms with Crippen molar-refractivity contribution in [3.63, 3.8) is 0 Å². The van der Waals surface area contributed by atoms with Crippen LogP contribution in [0.15, 0.2) is 30.3 Å². The number of amides is 1. The molecule has 2 unspecified atom stereocenters. The van der Waals surface area contributed by atoms with Crippen LogP contribution in [0, 0.1) is 17.8 Å². The molecule has 1 aliphatic carbocycles. The molecule has 2 fully saturated rings. The van der Waals surface area contributed by atoms with Gasteiger partial charge in [0.1, 0.15) is 6.61 Å². The lowest BCUT2D eigenvalue weighted by molar-refractivity contribution is 0.0946. The number of carbonyl (C=O) groups is 1. The van der Waals surface area contributed by atoms with Crippen LogP contribution in [-0.4, -0.2) is 37.8 Å². The Morgan fingerprint density at radius 3 is 2.58 bits per heavy atom. The van der Waals surface area contributed by atoms with E-state index in [-0.39, 0.29) is 6.09 Å². The number of carbonyl (C=O) groups excluding carboxylic acids is 1. The van der Waals surface area contributed by atoms with E-state index in [1.165, 1.54) is 0 Å². The summed E-state index contributed by atoms with van der Waals surface area (Å²) in [4.78, 5) is 13.7. The number of nitrogens with zero attached hydrogens (tertiary/aromatic N) is 1. The van der Waals surface area contributed by atoms with Crippen LogP contribution in [0.2, 0.25) is 0 Å². The summed E-state index contributed by atoms with van der Waals surface area (Å²) in [7, 11) is 1.74. The maximum absolute atomic E-state index is 11.9. The molecule has 0 N–H and O–H groups in total. The van der Waals surface area contributed by atoms with E-state index in [0.717, 1.165) is 25.3 Å². The third-order valence-electron chi connectivity index (χ3n) is 4.19. The van der Waals surface area contributed by atoms with Gasteiger partial charge in [0.05, 0.1) is 0 Å². The van der Waals surface area contributed by atoms with Crippen molar-refractivity contribution < 1.29 is 14.3 Å². The van der Waals surface area contributed by atoms with Crippen LogP contribution < -0.4 is 0 Å². The number of rotatable bonds is 4. The van der Waals surface area contributed by atoms with Gasteiger partial charge in [0, 0.05) is 26.8 Å². The molecule has 1 saturated heterocycles. The summed E-state index contributed by atoms with van der Waals surface area (Å²) in [6.45, 7) is 2.83. The minimum atomic E-state index is -0.188. The second kappa shape index (κ2) is 5.21. The molecule has 2 atom stereocenters. The fourth-order valence-electron chi connectivity index (χ4n) is 3.05. The van der Waals surface area contributed by atoms with Crippen LogP contribution in [0.1, 0.15) is 5.56 Å². The van der Waals surface area contributed by atoms with Crippen LogP contribution in [0.4, 0.5) is 4.79 Å². The molecular weight excluding hydrogens is 242 g/mol. The van der Waals surface area contributed by atoms with Crippen LogP contribution in [0.25, 0.3) is 0 Å². The van der Waals surface area contributed by atoms with E-state index < -0.39 is 0 Å². The number of ether oxygens (including phenoxy) is 2. The number of fused-ring (bicyclic) bond motifs is 1. The molecule has 4 nitrogen and oxygen atoms in total. The van der Waals surface area contributed by atoms with E-state index in [9.17, 15) is 4.79 Å². The number of piperidine rings is 1. The minimum Gasteiger partial charge on any atom is -0.445 e. The predicted molar refractivity (Wildman–Crippen MR) is 70.5 cm³/mol. The summed E-state index contributed by atoms with van der Waals surface area (Å²) in [5, 5.41) is 0. The molecule has 3 rings (SSSR count). The molecule has 1 saturated carbocycles. The van der Waals surface area contributed by atoms with E-state index in [1.54, 1.807) is 7.11 Å². The highest BCUT2D eigenvalue weighted by molar-refractivity contribution is 5.68. The summed E-state index contributed by atoms with van der Waals surface area (Å²) < 4.78 is 10.5. The lowest BCUT2D eigenvalue weighted by atomic mass is 10.2. The number of likely N-dealkylation sites (tertiary alicyclic amines) is 1. The molecule has 4 heteroatoms. The Hall–Kier alpha value is -1.55. The largest absolute Gasteiger partial charge is 0.445 e. The minimum absolute atomic E-state index is 0.188. The zero-order chi connectivity index (χ0) is 13.2. The van der Waals surface area contributed by atoms with Crippen LogP contribution >= 0.6 is 0 Å². The Morgan fingerprint density at radius 1 is 1.26 bits per heavy atom. The van der Waals surface area contributed by atoms with Gasteiger partial charge in [-0.25, -0.2) is 4.79 Å². The van der Waals surface area contributed by atoms with E-state index in [0.29, 0.717) is 24.4 Å². The van der Waals surface area contributed by atoms with Crippen molar-refractivity contribution in [3.05, 3.63) is 35.9 Å². The summed E-state index contributed by atoms with van der Waals surface area (Å²) in [6, 6.07) is 9.77. The second-order valence-corrected chi connectivity index (χ2v) is 5.39. The molecule has 19 heavy (non-hydrogen) atoms. The van der Waals surface area contributed by atoms with Gasteiger partial charge in [-0.15, -0.1) is 0 Å². The van der Waals surface area contributed by atoms with Gasteiger partial charge < -0.3 is 14.4 Å². The highest BCUT2D eigenvalue weighted by Crippen LogP contribution is 2.51. The van der Waals surface area contributed by atoms with Gasteiger partial charge in [-0.3, -0.25) is 0 Å². The molecule has 1 aromatic carbocycles. The highest BCUT2D eigenvalue weighted by Gasteiger charge is 2.56. The molecule has 1 aliphatic heterocycles. The zero-order valence-electron chi connectivity index (χ0n) is 11.1. The van der Waals surface area contributed by atoms with Gasteiger partial charge in [0.2, 0.25) is 0 Å². The monoisotopic (exact) mass is 261 g/mol. The fourth-order valence-corrected chi connectivity index (χ4v) is 3.05. The van der Waals surface area contributed by atoms with Crippen molar-refractivity contribution in [1.82, 2.24) is 4.90 Å². The van der Waals surface area contributed by atoms with Crippen molar-refractivity contribution in [2.24, 2.45) is 17.8 Å². The number of hydrogen-bond donors (Lipinski definition) is 0. The van der Waals surface area contributed by atoms with Gasteiger partial charge in [-0.1, -0.05) is 30.3 Å². The van der Waals surface area contributed by atoms with Gasteiger partial charge in [0.25, 0.3) is 0 Å². The molecule has 0 radical (unpaired) electrons. The first-order valence-corrected chi connectivity index (χ1v) is 6.74. The van der Waals surface area contributed by atoms with Gasteiger partial charge >= 0.3 is 6.09 Å². The molecular formula is C15H19NO3. The molecule has 0 spiro atoms. The van der Waals surface area contributed by atoms with Crippen molar-refractivity contribution >= 4 is 6.09 Å². The average molecular weight is 261 g/mol. The predicted octanol–water partition coefficient (Wildman–Crippen LogP) is 2.15. The molecule has 1 amide bonds. The quantitative estimate of drug-likeness (QED) is 0.833. The van der Waals surface area contributed by atoms with E-state index in [4.69, 9.17) is 9.47 Å². The first-order chi connectivity index (χ1) is 9.29. The van der Waals surface area contributed by atoms with E-state index in [2.05, 4.69) is 0 Å². The molecule has 1 heterocycles. The van der Waals surface area contributed by atoms with Crippen molar-refractivity contribution in [2.75, 3.05) is 26.8 Å². The van der Waals surface area contributed by atoms with Gasteiger partial charge in [-0.05, 0) is 23.3 Å². The summed E-state index contributed by atoms with van der Waals surface area (Å²) in [5.41, 5.74) is 1.03. The first kappa shape index (κ1) is 12.5. The summed E-state index contributed by atoms with van der Waals surface area (Å²) in [5.74, 6) is 1.91. The Labute approximate surface area is 113 Å². The lowest BCUT2D eigenvalue weighted by Crippen LogP contribution is -2.32. The number of hydrogen-bond acceptors (Lipinski definition) is 3. The summed E-state index contributed by atoms with van der Waals surface area (Å²) >= 11 is 0. The van der Waals surface area contributed by atoms with Crippen LogP contribution in [0.3, 0.4) is 0 Å². The van der Waals surface area contributed by atoms with E-state index in [1.807, 2.05) is 35.2 Å². The standard InChI is InChI=1S/C15H19NO3/c1-18-10-14-12-7-16(8-13(12)14)15(17)19-9-11-5-3-2-4-6-11/h2-6,12-14H,7-10H2,1H3. The molecule has 0 bridgehead atoms. The average Bonchev–Trinajstić information content (AvgIpc) is 2.89. The Bertz CT molecular complexity index is 436. The van der Waals surface area contributed by atoms with Crippen molar-refractivity contribution in [3.8, 4) is 0 Å². The Kier molecular flexibility index (Phi) is 3.42. The first-order valence-electron chi connectivity index (χ1n) is 6.74. The van der Waals surface area contributed by atoms with Crippen LogP contribution in [0.5, 0.6) is 0 Å². The van der Waals surface area contributed by atoms with E-state index >= 15 is 0 Å². The van der Waals surface area contributed by atoms with Crippen molar-refractivity contribution in [2.45, 2.75) is 6.61 Å².